The summed E-state index contributed by atoms with van der Waals surface area (Å²) < 4.78 is 0. The van der Waals surface area contributed by atoms with Gasteiger partial charge in [0.15, 0.2) is 0 Å². The summed E-state index contributed by atoms with van der Waals surface area (Å²) in [7, 11) is 0. The van der Waals surface area contributed by atoms with Gasteiger partial charge < -0.3 is 5.32 Å². The largest absolute Gasteiger partial charge is 0.322 e. The van der Waals surface area contributed by atoms with Crippen LogP contribution in [0.25, 0.3) is 0 Å². The molecule has 0 saturated carbocycles. The molecule has 6 heteroatoms. The summed E-state index contributed by atoms with van der Waals surface area (Å²) in [5, 5.41) is 3.17. The molecule has 0 spiro atoms. The summed E-state index contributed by atoms with van der Waals surface area (Å²) >= 11 is 7.73. The fraction of sp³-hybridized carbons (Fsp3) is 0.167. The van der Waals surface area contributed by atoms with Gasteiger partial charge in [-0.15, -0.1) is 11.8 Å². The van der Waals surface area contributed by atoms with E-state index >= 15 is 0 Å². The van der Waals surface area contributed by atoms with E-state index in [4.69, 9.17) is 11.6 Å². The van der Waals surface area contributed by atoms with E-state index in [0.717, 1.165) is 22.4 Å². The van der Waals surface area contributed by atoms with Crippen LogP contribution in [0.2, 0.25) is 5.02 Å². The van der Waals surface area contributed by atoms with Crippen molar-refractivity contribution in [1.82, 2.24) is 0 Å². The third-order valence-electron chi connectivity index (χ3n) is 4.90. The number of halogens is 1. The Labute approximate surface area is 185 Å². The van der Waals surface area contributed by atoms with E-state index in [1.54, 1.807) is 36.0 Å². The van der Waals surface area contributed by atoms with Gasteiger partial charge in [-0.2, -0.15) is 0 Å². The van der Waals surface area contributed by atoms with E-state index in [2.05, 4.69) is 11.4 Å². The van der Waals surface area contributed by atoms with Crippen LogP contribution in [-0.2, 0) is 4.79 Å². The van der Waals surface area contributed by atoms with Crippen molar-refractivity contribution in [3.63, 3.8) is 0 Å². The fourth-order valence-electron chi connectivity index (χ4n) is 3.65. The van der Waals surface area contributed by atoms with Crippen molar-refractivity contribution < 1.29 is 9.59 Å². The van der Waals surface area contributed by atoms with Gasteiger partial charge in [-0.1, -0.05) is 41.9 Å². The van der Waals surface area contributed by atoms with Gasteiger partial charge in [0.05, 0.1) is 16.3 Å². The number of hydrogen-bond acceptors (Lipinski definition) is 3. The quantitative estimate of drug-likeness (QED) is 0.546. The number of nitrogens with one attached hydrogen (secondary N) is 1. The zero-order chi connectivity index (χ0) is 21.3. The van der Waals surface area contributed by atoms with Crippen LogP contribution in [-0.4, -0.2) is 17.6 Å². The maximum Gasteiger partial charge on any atom is 0.257 e. The molecular formula is C24H21ClN2O2S. The highest BCUT2D eigenvalue weighted by molar-refractivity contribution is 8.00. The Bertz CT molecular complexity index is 1110. The van der Waals surface area contributed by atoms with Gasteiger partial charge in [-0.3, -0.25) is 14.5 Å². The Kier molecular flexibility index (Phi) is 5.84. The third-order valence-corrected chi connectivity index (χ3v) is 6.44. The van der Waals surface area contributed by atoms with E-state index in [9.17, 15) is 9.59 Å². The van der Waals surface area contributed by atoms with Gasteiger partial charge in [-0.25, -0.2) is 0 Å². The molecule has 0 bridgehead atoms. The molecule has 0 aromatic heterocycles. The molecule has 0 aliphatic carbocycles. The minimum Gasteiger partial charge on any atom is -0.322 e. The van der Waals surface area contributed by atoms with Crippen LogP contribution < -0.4 is 10.2 Å². The van der Waals surface area contributed by atoms with Crippen LogP contribution in [0.3, 0.4) is 0 Å². The molecule has 2 amide bonds. The molecule has 1 atom stereocenters. The number of anilines is 2. The van der Waals surface area contributed by atoms with Crippen LogP contribution >= 0.6 is 23.4 Å². The van der Waals surface area contributed by atoms with Gasteiger partial charge in [0.25, 0.3) is 5.91 Å². The number of nitrogens with zero attached hydrogens (tertiary/aromatic N) is 1. The van der Waals surface area contributed by atoms with E-state index in [1.165, 1.54) is 0 Å². The summed E-state index contributed by atoms with van der Waals surface area (Å²) in [6.45, 7) is 4.06. The van der Waals surface area contributed by atoms with E-state index in [0.29, 0.717) is 22.0 Å². The molecule has 1 aliphatic rings. The lowest BCUT2D eigenvalue weighted by atomic mass is 10.1. The lowest BCUT2D eigenvalue weighted by Crippen LogP contribution is -2.28. The molecule has 0 radical (unpaired) electrons. The number of carbonyl (C=O) groups excluding carboxylic acids is 2. The Morgan fingerprint density at radius 3 is 2.50 bits per heavy atom. The second-order valence-corrected chi connectivity index (χ2v) is 8.81. The maximum atomic E-state index is 12.7. The topological polar surface area (TPSA) is 49.4 Å². The first-order chi connectivity index (χ1) is 14.4. The molecule has 1 heterocycles. The molecule has 4 rings (SSSR count). The van der Waals surface area contributed by atoms with E-state index < -0.39 is 0 Å². The minimum atomic E-state index is -0.265. The number of aryl methyl sites for hydroxylation is 2. The van der Waals surface area contributed by atoms with Crippen molar-refractivity contribution >= 4 is 46.6 Å². The van der Waals surface area contributed by atoms with Gasteiger partial charge in [0.2, 0.25) is 5.91 Å². The Morgan fingerprint density at radius 1 is 1.03 bits per heavy atom. The zero-order valence-corrected chi connectivity index (χ0v) is 18.3. The van der Waals surface area contributed by atoms with Gasteiger partial charge in [-0.05, 0) is 66.9 Å². The standard InChI is InChI=1S/C24H21ClN2O2S/c1-15-10-16(2)12-19(11-15)27-22(28)14-30-24(27)17-6-5-7-18(13-17)26-23(29)20-8-3-4-9-21(20)25/h3-13,24H,14H2,1-2H3,(H,26,29)/t24-/m0/s1. The van der Waals surface area contributed by atoms with E-state index in [1.807, 2.05) is 55.1 Å². The number of hydrogen-bond donors (Lipinski definition) is 1. The lowest BCUT2D eigenvalue weighted by molar-refractivity contribution is -0.115. The lowest BCUT2D eigenvalue weighted by Gasteiger charge is -2.25. The zero-order valence-electron chi connectivity index (χ0n) is 16.7. The molecule has 1 fully saturated rings. The molecule has 4 nitrogen and oxygen atoms in total. The van der Waals surface area contributed by atoms with Gasteiger partial charge in [0, 0.05) is 11.4 Å². The molecular weight excluding hydrogens is 416 g/mol. The molecule has 3 aromatic carbocycles. The highest BCUT2D eigenvalue weighted by Crippen LogP contribution is 2.42. The van der Waals surface area contributed by atoms with Crippen LogP contribution in [0.15, 0.2) is 66.7 Å². The second-order valence-electron chi connectivity index (χ2n) is 7.33. The first-order valence-electron chi connectivity index (χ1n) is 9.60. The molecule has 30 heavy (non-hydrogen) atoms. The molecule has 1 aliphatic heterocycles. The first-order valence-corrected chi connectivity index (χ1v) is 11.0. The number of carbonyl (C=O) groups is 2. The fourth-order valence-corrected chi connectivity index (χ4v) is 5.04. The first kappa shape index (κ1) is 20.5. The molecule has 1 N–H and O–H groups in total. The van der Waals surface area contributed by atoms with Gasteiger partial charge in [0.1, 0.15) is 5.37 Å². The van der Waals surface area contributed by atoms with E-state index in [-0.39, 0.29) is 17.2 Å². The van der Waals surface area contributed by atoms with Crippen LogP contribution in [0.4, 0.5) is 11.4 Å². The number of thioether (sulfide) groups is 1. The average Bonchev–Trinajstić information content (AvgIpc) is 3.09. The van der Waals surface area contributed by atoms with Crippen molar-refractivity contribution in [3.8, 4) is 0 Å². The smallest absolute Gasteiger partial charge is 0.257 e. The molecule has 0 unspecified atom stereocenters. The summed E-state index contributed by atoms with van der Waals surface area (Å²) in [6.07, 6.45) is 0. The van der Waals surface area contributed by atoms with Crippen LogP contribution in [0, 0.1) is 13.8 Å². The Morgan fingerprint density at radius 2 is 1.77 bits per heavy atom. The molecule has 3 aromatic rings. The van der Waals surface area contributed by atoms with Crippen LogP contribution in [0.1, 0.15) is 32.4 Å². The summed E-state index contributed by atoms with van der Waals surface area (Å²) in [6, 6.07) is 20.7. The summed E-state index contributed by atoms with van der Waals surface area (Å²) in [4.78, 5) is 27.1. The van der Waals surface area contributed by atoms with Crippen LogP contribution in [0.5, 0.6) is 0 Å². The normalized spacial score (nSPS) is 16.0. The van der Waals surface area contributed by atoms with Crippen molar-refractivity contribution in [2.24, 2.45) is 0 Å². The monoisotopic (exact) mass is 436 g/mol. The summed E-state index contributed by atoms with van der Waals surface area (Å²) in [5.74, 6) is 0.244. The van der Waals surface area contributed by atoms with Crippen molar-refractivity contribution in [2.45, 2.75) is 19.2 Å². The number of amides is 2. The second kappa shape index (κ2) is 8.54. The van der Waals surface area contributed by atoms with Crippen molar-refractivity contribution in [3.05, 3.63) is 94.0 Å². The number of benzene rings is 3. The highest BCUT2D eigenvalue weighted by atomic mass is 35.5. The van der Waals surface area contributed by atoms with Gasteiger partial charge >= 0.3 is 0 Å². The Hall–Kier alpha value is -2.76. The van der Waals surface area contributed by atoms with Crippen molar-refractivity contribution in [2.75, 3.05) is 16.0 Å². The predicted octanol–water partition coefficient (Wildman–Crippen LogP) is 5.99. The highest BCUT2D eigenvalue weighted by Gasteiger charge is 2.34. The average molecular weight is 437 g/mol. The summed E-state index contributed by atoms with van der Waals surface area (Å²) in [5.41, 5.74) is 5.19. The maximum absolute atomic E-state index is 12.7. The minimum absolute atomic E-state index is 0.0838. The SMILES string of the molecule is Cc1cc(C)cc(N2C(=O)CS[C@H]2c2cccc(NC(=O)c3ccccc3Cl)c2)c1. The molecule has 1 saturated heterocycles. The third kappa shape index (κ3) is 4.23. The molecule has 152 valence electrons. The van der Waals surface area contributed by atoms with Crippen molar-refractivity contribution in [1.29, 1.82) is 0 Å². The predicted molar refractivity (Wildman–Crippen MR) is 124 cm³/mol. The Balaban J connectivity index is 1.62. The number of rotatable bonds is 4.